The molecule has 19 heavy (non-hydrogen) atoms. The first-order valence-corrected chi connectivity index (χ1v) is 6.52. The van der Waals surface area contributed by atoms with Gasteiger partial charge in [0.05, 0.1) is 19.3 Å². The molecule has 110 valence electrons. The number of carbonyl (C=O) groups excluding carboxylic acids is 1. The van der Waals surface area contributed by atoms with Crippen LogP contribution in [0.15, 0.2) is 12.7 Å². The molecule has 1 fully saturated rings. The number of ether oxygens (including phenoxy) is 2. The van der Waals surface area contributed by atoms with E-state index in [2.05, 4.69) is 6.58 Å². The molecule has 2 atom stereocenters. The first kappa shape index (κ1) is 16.0. The first-order chi connectivity index (χ1) is 8.62. The van der Waals surface area contributed by atoms with Crippen LogP contribution in [-0.4, -0.2) is 46.7 Å². The summed E-state index contributed by atoms with van der Waals surface area (Å²) in [4.78, 5) is 13.9. The highest BCUT2D eigenvalue weighted by molar-refractivity contribution is 5.69. The minimum absolute atomic E-state index is 0.0765. The predicted octanol–water partition coefficient (Wildman–Crippen LogP) is 2.15. The smallest absolute Gasteiger partial charge is 0.412 e. The lowest BCUT2D eigenvalue weighted by molar-refractivity contribution is -0.0643. The number of rotatable bonds is 3. The molecule has 1 saturated heterocycles. The summed E-state index contributed by atoms with van der Waals surface area (Å²) in [6.45, 7) is 13.1. The van der Waals surface area contributed by atoms with Crippen molar-refractivity contribution in [2.24, 2.45) is 5.92 Å². The minimum Gasteiger partial charge on any atom is -0.444 e. The van der Waals surface area contributed by atoms with Gasteiger partial charge in [0, 0.05) is 5.92 Å². The Morgan fingerprint density at radius 2 is 2.21 bits per heavy atom. The van der Waals surface area contributed by atoms with Crippen LogP contribution in [0.5, 0.6) is 0 Å². The monoisotopic (exact) mass is 271 g/mol. The van der Waals surface area contributed by atoms with E-state index < -0.39 is 17.4 Å². The van der Waals surface area contributed by atoms with Gasteiger partial charge in [-0.3, -0.25) is 4.90 Å². The largest absolute Gasteiger partial charge is 0.444 e. The summed E-state index contributed by atoms with van der Waals surface area (Å²) in [7, 11) is 0. The Bertz CT molecular complexity index is 346. The van der Waals surface area contributed by atoms with Gasteiger partial charge >= 0.3 is 6.09 Å². The van der Waals surface area contributed by atoms with Crippen LogP contribution in [0.4, 0.5) is 4.79 Å². The van der Waals surface area contributed by atoms with E-state index in [4.69, 9.17) is 9.47 Å². The van der Waals surface area contributed by atoms with E-state index in [1.54, 1.807) is 11.0 Å². The van der Waals surface area contributed by atoms with Crippen LogP contribution in [0.1, 0.15) is 34.6 Å². The van der Waals surface area contributed by atoms with E-state index in [9.17, 15) is 9.90 Å². The molecule has 0 saturated carbocycles. The topological polar surface area (TPSA) is 59.0 Å². The van der Waals surface area contributed by atoms with Crippen LogP contribution in [0.3, 0.4) is 0 Å². The van der Waals surface area contributed by atoms with Crippen LogP contribution in [0.2, 0.25) is 0 Å². The van der Waals surface area contributed by atoms with E-state index in [1.807, 2.05) is 34.6 Å². The highest BCUT2D eigenvalue weighted by Gasteiger charge is 2.47. The van der Waals surface area contributed by atoms with E-state index in [1.165, 1.54) is 0 Å². The van der Waals surface area contributed by atoms with Crippen LogP contribution < -0.4 is 0 Å². The van der Waals surface area contributed by atoms with Crippen molar-refractivity contribution in [2.75, 3.05) is 13.2 Å². The van der Waals surface area contributed by atoms with E-state index in [-0.39, 0.29) is 18.6 Å². The van der Waals surface area contributed by atoms with Crippen LogP contribution >= 0.6 is 0 Å². The maximum absolute atomic E-state index is 12.3. The fourth-order valence-electron chi connectivity index (χ4n) is 2.17. The lowest BCUT2D eigenvalue weighted by atomic mass is 10.00. The molecule has 1 aliphatic heterocycles. The SMILES string of the molecule is C=C[C@@H](CO)[C@@H]1COC(C)(C)N1C(=O)OC(C)(C)C. The molecule has 1 N–H and O–H groups in total. The Morgan fingerprint density at radius 3 is 2.63 bits per heavy atom. The average Bonchev–Trinajstić information content (AvgIpc) is 2.54. The van der Waals surface area contributed by atoms with Gasteiger partial charge in [0.15, 0.2) is 0 Å². The molecular formula is C14H25NO4. The molecule has 0 unspecified atom stereocenters. The summed E-state index contributed by atoms with van der Waals surface area (Å²) in [5, 5.41) is 9.38. The molecular weight excluding hydrogens is 246 g/mol. The number of nitrogens with zero attached hydrogens (tertiary/aromatic N) is 1. The number of aliphatic hydroxyl groups excluding tert-OH is 1. The van der Waals surface area contributed by atoms with Crippen molar-refractivity contribution in [1.29, 1.82) is 0 Å². The van der Waals surface area contributed by atoms with Gasteiger partial charge in [-0.2, -0.15) is 0 Å². The quantitative estimate of drug-likeness (QED) is 0.799. The fraction of sp³-hybridized carbons (Fsp3) is 0.786. The molecule has 0 radical (unpaired) electrons. The molecule has 1 rings (SSSR count). The number of carbonyl (C=O) groups is 1. The minimum atomic E-state index is -0.747. The van der Waals surface area contributed by atoms with Crippen molar-refractivity contribution in [3.05, 3.63) is 12.7 Å². The molecule has 0 aliphatic carbocycles. The highest BCUT2D eigenvalue weighted by Crippen LogP contribution is 2.33. The van der Waals surface area contributed by atoms with Gasteiger partial charge in [0.2, 0.25) is 0 Å². The molecule has 0 aromatic rings. The number of amides is 1. The van der Waals surface area contributed by atoms with E-state index >= 15 is 0 Å². The molecule has 0 bridgehead atoms. The van der Waals surface area contributed by atoms with Gasteiger partial charge in [0.25, 0.3) is 0 Å². The summed E-state index contributed by atoms with van der Waals surface area (Å²) < 4.78 is 11.1. The third-order valence-electron chi connectivity index (χ3n) is 3.12. The Labute approximate surface area is 115 Å². The summed E-state index contributed by atoms with van der Waals surface area (Å²) >= 11 is 0. The van der Waals surface area contributed by atoms with Crippen molar-refractivity contribution in [2.45, 2.75) is 52.0 Å². The Kier molecular flexibility index (Phi) is 4.63. The third-order valence-corrected chi connectivity index (χ3v) is 3.12. The van der Waals surface area contributed by atoms with Crippen LogP contribution in [0.25, 0.3) is 0 Å². The van der Waals surface area contributed by atoms with Crippen LogP contribution in [-0.2, 0) is 9.47 Å². The van der Waals surface area contributed by atoms with Gasteiger partial charge in [-0.05, 0) is 34.6 Å². The first-order valence-electron chi connectivity index (χ1n) is 6.52. The molecule has 5 heteroatoms. The van der Waals surface area contributed by atoms with Gasteiger partial charge in [-0.15, -0.1) is 6.58 Å². The van der Waals surface area contributed by atoms with Gasteiger partial charge in [0.1, 0.15) is 11.3 Å². The number of hydrogen-bond donors (Lipinski definition) is 1. The molecule has 0 spiro atoms. The molecule has 1 amide bonds. The predicted molar refractivity (Wildman–Crippen MR) is 72.7 cm³/mol. The lowest BCUT2D eigenvalue weighted by Gasteiger charge is -2.36. The normalized spacial score (nSPS) is 24.1. The fourth-order valence-corrected chi connectivity index (χ4v) is 2.17. The summed E-state index contributed by atoms with van der Waals surface area (Å²) in [5.74, 6) is -0.228. The second-order valence-corrected chi connectivity index (χ2v) is 6.26. The zero-order valence-electron chi connectivity index (χ0n) is 12.5. The van der Waals surface area contributed by atoms with Crippen molar-refractivity contribution in [1.82, 2.24) is 4.90 Å². The summed E-state index contributed by atoms with van der Waals surface area (Å²) in [5.41, 5.74) is -1.31. The van der Waals surface area contributed by atoms with Crippen molar-refractivity contribution in [3.63, 3.8) is 0 Å². The van der Waals surface area contributed by atoms with Crippen molar-refractivity contribution in [3.8, 4) is 0 Å². The Balaban J connectivity index is 2.96. The molecule has 1 heterocycles. The average molecular weight is 271 g/mol. The molecule has 0 aromatic carbocycles. The second kappa shape index (κ2) is 5.51. The Morgan fingerprint density at radius 1 is 1.63 bits per heavy atom. The summed E-state index contributed by atoms with van der Waals surface area (Å²) in [6.07, 6.45) is 1.22. The van der Waals surface area contributed by atoms with Crippen LogP contribution in [0, 0.1) is 5.92 Å². The lowest BCUT2D eigenvalue weighted by Crippen LogP contribution is -2.52. The van der Waals surface area contributed by atoms with Crippen molar-refractivity contribution < 1.29 is 19.4 Å². The highest BCUT2D eigenvalue weighted by atomic mass is 16.6. The molecule has 0 aromatic heterocycles. The Hall–Kier alpha value is -1.07. The third kappa shape index (κ3) is 3.70. The molecule has 1 aliphatic rings. The zero-order valence-corrected chi connectivity index (χ0v) is 12.5. The second-order valence-electron chi connectivity index (χ2n) is 6.26. The number of hydrogen-bond acceptors (Lipinski definition) is 4. The van der Waals surface area contributed by atoms with E-state index in [0.29, 0.717) is 6.61 Å². The van der Waals surface area contributed by atoms with Gasteiger partial charge in [-0.25, -0.2) is 4.79 Å². The van der Waals surface area contributed by atoms with Gasteiger partial charge in [-0.1, -0.05) is 6.08 Å². The van der Waals surface area contributed by atoms with Crippen molar-refractivity contribution >= 4 is 6.09 Å². The van der Waals surface area contributed by atoms with Gasteiger partial charge < -0.3 is 14.6 Å². The summed E-state index contributed by atoms with van der Waals surface area (Å²) in [6, 6.07) is -0.257. The zero-order chi connectivity index (χ0) is 14.8. The maximum Gasteiger partial charge on any atom is 0.412 e. The number of aliphatic hydroxyl groups is 1. The molecule has 5 nitrogen and oxygen atoms in total. The maximum atomic E-state index is 12.3. The van der Waals surface area contributed by atoms with E-state index in [0.717, 1.165) is 0 Å². The standard InChI is InChI=1S/C14H25NO4/c1-7-10(8-16)11-9-18-14(5,6)15(11)12(17)19-13(2,3)4/h7,10-11,16H,1,8-9H2,2-6H3/t10-,11-/m0/s1.